The minimum atomic E-state index is -0.516. The first-order valence-electron chi connectivity index (χ1n) is 8.03. The van der Waals surface area contributed by atoms with E-state index in [9.17, 15) is 9.18 Å². The fourth-order valence-corrected chi connectivity index (χ4v) is 3.23. The van der Waals surface area contributed by atoms with Crippen molar-refractivity contribution in [2.24, 2.45) is 11.7 Å². The van der Waals surface area contributed by atoms with Crippen LogP contribution in [0.15, 0.2) is 18.2 Å². The normalized spacial score (nSPS) is 23.9. The van der Waals surface area contributed by atoms with E-state index in [4.69, 9.17) is 5.73 Å². The number of aryl methyl sites for hydroxylation is 1. The molecule has 0 aliphatic heterocycles. The van der Waals surface area contributed by atoms with Gasteiger partial charge in [-0.15, -0.1) is 5.10 Å². The number of carbonyl (C=O) groups is 1. The number of anilines is 1. The first kappa shape index (κ1) is 16.5. The molecule has 0 spiro atoms. The molecule has 0 radical (unpaired) electrons. The Balaban J connectivity index is 1.83. The topological polar surface area (TPSA) is 98.7 Å². The molecule has 0 bridgehead atoms. The van der Waals surface area contributed by atoms with E-state index in [-0.39, 0.29) is 17.5 Å². The first-order chi connectivity index (χ1) is 11.4. The number of benzene rings is 1. The van der Waals surface area contributed by atoms with E-state index >= 15 is 0 Å². The predicted molar refractivity (Wildman–Crippen MR) is 87.0 cm³/mol. The highest BCUT2D eigenvalue weighted by molar-refractivity contribution is 5.93. The number of nitrogens with two attached hydrogens (primary N) is 1. The highest BCUT2D eigenvalue weighted by Crippen LogP contribution is 2.32. The molecule has 1 aromatic carbocycles. The Morgan fingerprint density at radius 2 is 2.25 bits per heavy atom. The monoisotopic (exact) mass is 332 g/mol. The van der Waals surface area contributed by atoms with E-state index in [0.29, 0.717) is 11.5 Å². The molecule has 8 heteroatoms. The average Bonchev–Trinajstić information content (AvgIpc) is 2.94. The fraction of sp³-hybridized carbons (Fsp3) is 0.500. The molecule has 1 amide bonds. The van der Waals surface area contributed by atoms with Crippen molar-refractivity contribution in [2.45, 2.75) is 45.1 Å². The third-order valence-electron chi connectivity index (χ3n) is 4.64. The number of halogens is 1. The van der Waals surface area contributed by atoms with Crippen LogP contribution in [0.5, 0.6) is 0 Å². The molecule has 7 nitrogen and oxygen atoms in total. The van der Waals surface area contributed by atoms with Crippen molar-refractivity contribution in [2.75, 3.05) is 5.32 Å². The zero-order valence-electron chi connectivity index (χ0n) is 13.8. The predicted octanol–water partition coefficient (Wildman–Crippen LogP) is 1.96. The van der Waals surface area contributed by atoms with Gasteiger partial charge in [0.05, 0.1) is 5.92 Å². The third kappa shape index (κ3) is 3.14. The van der Waals surface area contributed by atoms with Gasteiger partial charge in [0.1, 0.15) is 11.5 Å². The summed E-state index contributed by atoms with van der Waals surface area (Å²) in [4.78, 5) is 12.6. The largest absolute Gasteiger partial charge is 0.326 e. The van der Waals surface area contributed by atoms with Crippen LogP contribution in [-0.4, -0.2) is 31.7 Å². The lowest BCUT2D eigenvalue weighted by Crippen LogP contribution is -2.51. The minimum absolute atomic E-state index is 0.134. The number of tetrazole rings is 1. The van der Waals surface area contributed by atoms with E-state index in [1.165, 1.54) is 22.9 Å². The van der Waals surface area contributed by atoms with Gasteiger partial charge in [-0.05, 0) is 55.3 Å². The van der Waals surface area contributed by atoms with E-state index in [1.54, 1.807) is 6.92 Å². The number of nitrogens with zero attached hydrogens (tertiary/aromatic N) is 4. The summed E-state index contributed by atoms with van der Waals surface area (Å²) in [6.45, 7) is 3.59. The van der Waals surface area contributed by atoms with E-state index in [2.05, 4.69) is 20.8 Å². The molecule has 3 N–H and O–H groups in total. The van der Waals surface area contributed by atoms with Gasteiger partial charge < -0.3 is 11.1 Å². The van der Waals surface area contributed by atoms with E-state index < -0.39 is 11.4 Å². The van der Waals surface area contributed by atoms with Gasteiger partial charge >= 0.3 is 0 Å². The van der Waals surface area contributed by atoms with Crippen molar-refractivity contribution in [3.63, 3.8) is 0 Å². The molecule has 1 heterocycles. The zero-order chi connectivity index (χ0) is 17.3. The number of aromatic nitrogens is 4. The van der Waals surface area contributed by atoms with Gasteiger partial charge in [-0.2, -0.15) is 4.68 Å². The van der Waals surface area contributed by atoms with Gasteiger partial charge in [-0.1, -0.05) is 12.8 Å². The van der Waals surface area contributed by atoms with Crippen molar-refractivity contribution < 1.29 is 9.18 Å². The molecule has 0 saturated heterocycles. The number of hydrogen-bond donors (Lipinski definition) is 2. The van der Waals surface area contributed by atoms with Crippen LogP contribution >= 0.6 is 0 Å². The minimum Gasteiger partial charge on any atom is -0.326 e. The number of rotatable bonds is 3. The van der Waals surface area contributed by atoms with Gasteiger partial charge in [-0.25, -0.2) is 4.39 Å². The maximum Gasteiger partial charge on any atom is 0.229 e. The van der Waals surface area contributed by atoms with Crippen molar-refractivity contribution >= 4 is 11.6 Å². The Kier molecular flexibility index (Phi) is 4.31. The van der Waals surface area contributed by atoms with Crippen LogP contribution in [0.4, 0.5) is 10.1 Å². The molecule has 3 rings (SSSR count). The van der Waals surface area contributed by atoms with Crippen molar-refractivity contribution in [1.82, 2.24) is 20.2 Å². The lowest BCUT2D eigenvalue weighted by molar-refractivity contribution is -0.122. The van der Waals surface area contributed by atoms with Crippen LogP contribution in [-0.2, 0) is 4.79 Å². The van der Waals surface area contributed by atoms with E-state index in [1.807, 2.05) is 6.92 Å². The van der Waals surface area contributed by atoms with Gasteiger partial charge in [0.25, 0.3) is 0 Å². The van der Waals surface area contributed by atoms with Crippen molar-refractivity contribution in [3.8, 4) is 5.69 Å². The van der Waals surface area contributed by atoms with Gasteiger partial charge in [0.2, 0.25) is 5.91 Å². The molecule has 1 fully saturated rings. The molecule has 1 aliphatic rings. The Bertz CT molecular complexity index is 757. The van der Waals surface area contributed by atoms with Crippen LogP contribution in [0, 0.1) is 18.7 Å². The summed E-state index contributed by atoms with van der Waals surface area (Å²) in [5.41, 5.74) is 6.44. The highest BCUT2D eigenvalue weighted by Gasteiger charge is 2.37. The van der Waals surface area contributed by atoms with Gasteiger partial charge in [0, 0.05) is 11.2 Å². The second-order valence-electron chi connectivity index (χ2n) is 6.60. The molecule has 2 atom stereocenters. The summed E-state index contributed by atoms with van der Waals surface area (Å²) in [5, 5.41) is 13.9. The maximum atomic E-state index is 14.1. The van der Waals surface area contributed by atoms with Crippen LogP contribution in [0.25, 0.3) is 5.69 Å². The maximum absolute atomic E-state index is 14.1. The molecular weight excluding hydrogens is 311 g/mol. The van der Waals surface area contributed by atoms with E-state index in [0.717, 1.165) is 25.7 Å². The number of nitrogens with one attached hydrogen (secondary N) is 1. The summed E-state index contributed by atoms with van der Waals surface area (Å²) in [7, 11) is 0. The van der Waals surface area contributed by atoms with Crippen LogP contribution in [0.2, 0.25) is 0 Å². The highest BCUT2D eigenvalue weighted by atomic mass is 19.1. The lowest BCUT2D eigenvalue weighted by atomic mass is 9.74. The zero-order valence-corrected chi connectivity index (χ0v) is 13.8. The Morgan fingerprint density at radius 1 is 1.46 bits per heavy atom. The molecular formula is C16H21FN6O. The molecule has 24 heavy (non-hydrogen) atoms. The summed E-state index contributed by atoms with van der Waals surface area (Å²) >= 11 is 0. The standard InChI is InChI=1S/C16H21FN6O/c1-10-20-21-22-23(10)14-9-11(6-7-13(14)17)19-15(24)12-5-3-4-8-16(12,2)18/h6-7,9,12H,3-5,8,18H2,1-2H3,(H,19,24). The second-order valence-corrected chi connectivity index (χ2v) is 6.60. The van der Waals surface area contributed by atoms with Crippen molar-refractivity contribution in [1.29, 1.82) is 0 Å². The van der Waals surface area contributed by atoms with Crippen LogP contribution < -0.4 is 11.1 Å². The SMILES string of the molecule is Cc1nnnn1-c1cc(NC(=O)C2CCCCC2(C)N)ccc1F. The Hall–Kier alpha value is -2.35. The Morgan fingerprint density at radius 3 is 2.92 bits per heavy atom. The fourth-order valence-electron chi connectivity index (χ4n) is 3.23. The summed E-state index contributed by atoms with van der Waals surface area (Å²) in [5.74, 6) is -0.399. The smallest absolute Gasteiger partial charge is 0.229 e. The summed E-state index contributed by atoms with van der Waals surface area (Å²) in [6, 6.07) is 4.33. The Labute approximate surface area is 139 Å². The third-order valence-corrected chi connectivity index (χ3v) is 4.64. The molecule has 1 saturated carbocycles. The second kappa shape index (κ2) is 6.27. The quantitative estimate of drug-likeness (QED) is 0.895. The van der Waals surface area contributed by atoms with Crippen LogP contribution in [0.1, 0.15) is 38.4 Å². The first-order valence-corrected chi connectivity index (χ1v) is 8.03. The molecule has 1 aliphatic carbocycles. The van der Waals surface area contributed by atoms with Gasteiger partial charge in [0.15, 0.2) is 5.82 Å². The van der Waals surface area contributed by atoms with Crippen LogP contribution in [0.3, 0.4) is 0 Å². The molecule has 1 aromatic heterocycles. The van der Waals surface area contributed by atoms with Gasteiger partial charge in [-0.3, -0.25) is 4.79 Å². The summed E-state index contributed by atoms with van der Waals surface area (Å²) in [6.07, 6.45) is 3.61. The number of carbonyl (C=O) groups excluding carboxylic acids is 1. The number of hydrogen-bond acceptors (Lipinski definition) is 5. The average molecular weight is 332 g/mol. The lowest BCUT2D eigenvalue weighted by Gasteiger charge is -2.37. The number of amides is 1. The van der Waals surface area contributed by atoms with Crippen molar-refractivity contribution in [3.05, 3.63) is 29.8 Å². The summed E-state index contributed by atoms with van der Waals surface area (Å²) < 4.78 is 15.4. The molecule has 2 aromatic rings. The molecule has 2 unspecified atom stereocenters. The molecule has 128 valence electrons.